The first-order valence-corrected chi connectivity index (χ1v) is 9.04. The van der Waals surface area contributed by atoms with E-state index in [0.717, 1.165) is 11.6 Å². The van der Waals surface area contributed by atoms with Gasteiger partial charge in [-0.3, -0.25) is 14.0 Å². The number of fused-ring (bicyclic) bond motifs is 1. The second-order valence-corrected chi connectivity index (χ2v) is 7.09. The zero-order valence-corrected chi connectivity index (χ0v) is 15.4. The molecule has 2 heterocycles. The fourth-order valence-electron chi connectivity index (χ4n) is 2.35. The van der Waals surface area contributed by atoms with Crippen LogP contribution in [-0.4, -0.2) is 33.0 Å². The van der Waals surface area contributed by atoms with Gasteiger partial charge in [-0.05, 0) is 31.2 Å². The maximum Gasteiger partial charge on any atom is 0.243 e. The van der Waals surface area contributed by atoms with Gasteiger partial charge in [0.2, 0.25) is 11.8 Å². The van der Waals surface area contributed by atoms with Crippen molar-refractivity contribution in [2.75, 3.05) is 11.9 Å². The molecule has 28 heavy (non-hydrogen) atoms. The fourth-order valence-corrected chi connectivity index (χ4v) is 3.25. The summed E-state index contributed by atoms with van der Waals surface area (Å²) in [5.41, 5.74) is 0.370. The van der Waals surface area contributed by atoms with Crippen molar-refractivity contribution in [3.05, 3.63) is 60.2 Å². The molecule has 0 fully saturated rings. The Morgan fingerprint density at radius 1 is 1.18 bits per heavy atom. The van der Waals surface area contributed by atoms with Gasteiger partial charge < -0.3 is 10.6 Å². The molecule has 0 bridgehead atoms. The number of nitrogens with zero attached hydrogens (tertiary/aromatic N) is 2. The van der Waals surface area contributed by atoms with Crippen molar-refractivity contribution >= 4 is 34.8 Å². The van der Waals surface area contributed by atoms with Crippen molar-refractivity contribution in [1.82, 2.24) is 14.7 Å². The number of amides is 2. The predicted octanol–water partition coefficient (Wildman–Crippen LogP) is 2.99. The summed E-state index contributed by atoms with van der Waals surface area (Å²) < 4.78 is 41.5. The van der Waals surface area contributed by atoms with E-state index >= 15 is 0 Å². The minimum absolute atomic E-state index is 0.432. The number of nitrogens with one attached hydrogen (secondary N) is 2. The zero-order valence-electron chi connectivity index (χ0n) is 14.6. The van der Waals surface area contributed by atoms with E-state index in [1.807, 2.05) is 28.8 Å². The maximum absolute atomic E-state index is 13.6. The van der Waals surface area contributed by atoms with E-state index in [4.69, 9.17) is 0 Å². The van der Waals surface area contributed by atoms with Gasteiger partial charge >= 0.3 is 0 Å². The van der Waals surface area contributed by atoms with Crippen molar-refractivity contribution in [2.24, 2.45) is 0 Å². The lowest BCUT2D eigenvalue weighted by Crippen LogP contribution is -2.37. The Morgan fingerprint density at radius 3 is 2.75 bits per heavy atom. The van der Waals surface area contributed by atoms with Crippen molar-refractivity contribution in [3.63, 3.8) is 0 Å². The largest absolute Gasteiger partial charge is 0.346 e. The molecular formula is C18H15F3N4O2S. The van der Waals surface area contributed by atoms with Gasteiger partial charge in [-0.15, -0.1) is 0 Å². The molecule has 1 atom stereocenters. The number of rotatable bonds is 6. The Bertz CT molecular complexity index is 1040. The monoisotopic (exact) mass is 408 g/mol. The van der Waals surface area contributed by atoms with Gasteiger partial charge in [0.15, 0.2) is 22.6 Å². The number of hydrogen-bond acceptors (Lipinski definition) is 4. The molecule has 0 spiro atoms. The molecule has 0 aliphatic rings. The lowest BCUT2D eigenvalue weighted by atomic mass is 10.2. The van der Waals surface area contributed by atoms with Gasteiger partial charge in [-0.1, -0.05) is 17.8 Å². The Kier molecular flexibility index (Phi) is 5.88. The predicted molar refractivity (Wildman–Crippen MR) is 98.5 cm³/mol. The fraction of sp³-hybridized carbons (Fsp3) is 0.167. The third kappa shape index (κ3) is 4.28. The number of thioether (sulfide) groups is 1. The second kappa shape index (κ2) is 8.34. The number of anilines is 1. The van der Waals surface area contributed by atoms with E-state index in [9.17, 15) is 22.8 Å². The number of carbonyl (C=O) groups excluding carboxylic acids is 2. The molecule has 2 N–H and O–H groups in total. The van der Waals surface area contributed by atoms with E-state index in [-0.39, 0.29) is 0 Å². The summed E-state index contributed by atoms with van der Waals surface area (Å²) >= 11 is 1.21. The highest BCUT2D eigenvalue weighted by atomic mass is 32.2. The summed E-state index contributed by atoms with van der Waals surface area (Å²) in [6.07, 6.45) is 3.50. The first-order valence-electron chi connectivity index (χ1n) is 8.16. The van der Waals surface area contributed by atoms with Gasteiger partial charge in [-0.2, -0.15) is 0 Å². The van der Waals surface area contributed by atoms with Crippen LogP contribution in [0.25, 0.3) is 5.52 Å². The highest BCUT2D eigenvalue weighted by molar-refractivity contribution is 8.00. The Balaban J connectivity index is 1.54. The van der Waals surface area contributed by atoms with Crippen LogP contribution < -0.4 is 10.6 Å². The number of imidazole rings is 1. The standard InChI is InChI=1S/C18H15F3N4O2S/c1-10(28-18-23-8-11-4-2-3-7-25(11)18)17(27)22-9-14(26)24-13-6-5-12(19)15(20)16(13)21/h2-8,10H,9H2,1H3,(H,22,27)(H,24,26). The molecular weight excluding hydrogens is 393 g/mol. The summed E-state index contributed by atoms with van der Waals surface area (Å²) in [5, 5.41) is 4.55. The third-order valence-electron chi connectivity index (χ3n) is 3.79. The van der Waals surface area contributed by atoms with Gasteiger partial charge in [0.1, 0.15) is 0 Å². The quantitative estimate of drug-likeness (QED) is 0.486. The van der Waals surface area contributed by atoms with E-state index in [2.05, 4.69) is 15.6 Å². The molecule has 6 nitrogen and oxygen atoms in total. The summed E-state index contributed by atoms with van der Waals surface area (Å²) in [4.78, 5) is 28.3. The number of pyridine rings is 1. The summed E-state index contributed by atoms with van der Waals surface area (Å²) in [6, 6.07) is 7.18. The third-order valence-corrected chi connectivity index (χ3v) is 4.87. The average molecular weight is 408 g/mol. The Hall–Kier alpha value is -3.01. The lowest BCUT2D eigenvalue weighted by molar-refractivity contribution is -0.123. The zero-order chi connectivity index (χ0) is 20.3. The molecule has 0 aliphatic carbocycles. The minimum Gasteiger partial charge on any atom is -0.346 e. The molecule has 0 radical (unpaired) electrons. The van der Waals surface area contributed by atoms with Crippen molar-refractivity contribution in [3.8, 4) is 0 Å². The molecule has 2 aromatic heterocycles. The van der Waals surface area contributed by atoms with Crippen LogP contribution >= 0.6 is 11.8 Å². The highest BCUT2D eigenvalue weighted by Gasteiger charge is 2.19. The van der Waals surface area contributed by atoms with Crippen molar-refractivity contribution in [2.45, 2.75) is 17.3 Å². The van der Waals surface area contributed by atoms with Crippen LogP contribution in [0.3, 0.4) is 0 Å². The number of aromatic nitrogens is 2. The van der Waals surface area contributed by atoms with Crippen molar-refractivity contribution in [1.29, 1.82) is 0 Å². The Labute approximate surface area is 162 Å². The molecule has 146 valence electrons. The molecule has 3 rings (SSSR count). The number of hydrogen-bond donors (Lipinski definition) is 2. The number of benzene rings is 1. The lowest BCUT2D eigenvalue weighted by Gasteiger charge is -2.12. The molecule has 1 unspecified atom stereocenters. The summed E-state index contributed by atoms with van der Waals surface area (Å²) in [7, 11) is 0. The smallest absolute Gasteiger partial charge is 0.243 e. The summed E-state index contributed by atoms with van der Waals surface area (Å²) in [5.74, 6) is -5.75. The SMILES string of the molecule is CC(Sc1ncc2ccccn12)C(=O)NCC(=O)Nc1ccc(F)c(F)c1F. The molecule has 10 heteroatoms. The Morgan fingerprint density at radius 2 is 1.96 bits per heavy atom. The van der Waals surface area contributed by atoms with Gasteiger partial charge in [0, 0.05) is 6.20 Å². The normalized spacial score (nSPS) is 12.0. The molecule has 1 aromatic carbocycles. The first kappa shape index (κ1) is 19.7. The van der Waals surface area contributed by atoms with Crippen LogP contribution in [0.1, 0.15) is 6.92 Å². The molecule has 3 aromatic rings. The van der Waals surface area contributed by atoms with Crippen LogP contribution in [0, 0.1) is 17.5 Å². The highest BCUT2D eigenvalue weighted by Crippen LogP contribution is 2.23. The van der Waals surface area contributed by atoms with Crippen molar-refractivity contribution < 1.29 is 22.8 Å². The van der Waals surface area contributed by atoms with E-state index in [0.29, 0.717) is 11.2 Å². The molecule has 2 amide bonds. The van der Waals surface area contributed by atoms with Gasteiger partial charge in [0.25, 0.3) is 0 Å². The topological polar surface area (TPSA) is 75.5 Å². The summed E-state index contributed by atoms with van der Waals surface area (Å²) in [6.45, 7) is 1.20. The van der Waals surface area contributed by atoms with Crippen LogP contribution in [0.15, 0.2) is 47.9 Å². The van der Waals surface area contributed by atoms with Crippen LogP contribution in [0.5, 0.6) is 0 Å². The van der Waals surface area contributed by atoms with E-state index in [1.54, 1.807) is 13.1 Å². The van der Waals surface area contributed by atoms with Crippen LogP contribution in [0.2, 0.25) is 0 Å². The van der Waals surface area contributed by atoms with Crippen LogP contribution in [0.4, 0.5) is 18.9 Å². The second-order valence-electron chi connectivity index (χ2n) is 5.79. The maximum atomic E-state index is 13.6. The average Bonchev–Trinajstić information content (AvgIpc) is 3.09. The van der Waals surface area contributed by atoms with E-state index < -0.39 is 46.7 Å². The van der Waals surface area contributed by atoms with Crippen LogP contribution in [-0.2, 0) is 9.59 Å². The number of carbonyl (C=O) groups is 2. The van der Waals surface area contributed by atoms with Gasteiger partial charge in [0.05, 0.1) is 29.2 Å². The van der Waals surface area contributed by atoms with E-state index in [1.165, 1.54) is 11.8 Å². The van der Waals surface area contributed by atoms with Gasteiger partial charge in [-0.25, -0.2) is 18.2 Å². The molecule has 0 aliphatic heterocycles. The molecule has 0 saturated carbocycles. The minimum atomic E-state index is -1.68. The number of halogens is 3. The molecule has 0 saturated heterocycles. The first-order chi connectivity index (χ1) is 13.4.